The van der Waals surface area contributed by atoms with Crippen LogP contribution in [0, 0.1) is 13.8 Å². The summed E-state index contributed by atoms with van der Waals surface area (Å²) in [6.45, 7) is 6.72. The number of nitrogens with one attached hydrogen (secondary N) is 1. The van der Waals surface area contributed by atoms with Crippen molar-refractivity contribution >= 4 is 29.4 Å². The summed E-state index contributed by atoms with van der Waals surface area (Å²) in [4.78, 5) is 39.0. The summed E-state index contributed by atoms with van der Waals surface area (Å²) in [5, 5.41) is 3.39. The third-order valence-electron chi connectivity index (χ3n) is 6.04. The zero-order valence-electron chi connectivity index (χ0n) is 20.8. The van der Waals surface area contributed by atoms with Crippen molar-refractivity contribution in [3.8, 4) is 5.75 Å². The lowest BCUT2D eigenvalue weighted by Crippen LogP contribution is -2.58. The van der Waals surface area contributed by atoms with E-state index in [4.69, 9.17) is 21.1 Å². The number of amides is 2. The van der Waals surface area contributed by atoms with Crippen LogP contribution in [0.25, 0.3) is 0 Å². The maximum Gasteiger partial charge on any atom is 0.308 e. The molecule has 0 aliphatic carbocycles. The molecule has 0 aromatic heterocycles. The Morgan fingerprint density at radius 1 is 1.06 bits per heavy atom. The highest BCUT2D eigenvalue weighted by molar-refractivity contribution is 6.32. The van der Waals surface area contributed by atoms with Crippen LogP contribution in [-0.4, -0.2) is 55.0 Å². The first-order valence-electron chi connectivity index (χ1n) is 12.5. The summed E-state index contributed by atoms with van der Waals surface area (Å²) >= 11 is 6.18. The Bertz CT molecular complexity index is 806. The highest BCUT2D eigenvalue weighted by Gasteiger charge is 2.35. The van der Waals surface area contributed by atoms with Crippen molar-refractivity contribution in [3.05, 3.63) is 28.3 Å². The highest BCUT2D eigenvalue weighted by Crippen LogP contribution is 2.26. The molecule has 1 unspecified atom stereocenters. The molecule has 1 N–H and O–H groups in total. The maximum absolute atomic E-state index is 12.8. The van der Waals surface area contributed by atoms with E-state index in [1.54, 1.807) is 12.1 Å². The standard InChI is InChI=1S/C26H39ClN2O5/c1-4-5-6-7-8-9-10-11-14-33-24(31)17-22-26(32)28-12-13-29(22)23(30)18-34-21-15-19(2)25(27)20(3)16-21/h15-16,22H,4-14,17-18H2,1-3H3,(H,28,32). The van der Waals surface area contributed by atoms with Gasteiger partial charge in [-0.1, -0.05) is 63.5 Å². The van der Waals surface area contributed by atoms with Gasteiger partial charge in [-0.25, -0.2) is 0 Å². The van der Waals surface area contributed by atoms with Gasteiger partial charge in [0.1, 0.15) is 11.8 Å². The fraction of sp³-hybridized carbons (Fsp3) is 0.654. The number of nitrogens with zero attached hydrogens (tertiary/aromatic N) is 1. The van der Waals surface area contributed by atoms with Crippen LogP contribution in [0.2, 0.25) is 5.02 Å². The number of rotatable bonds is 14. The molecular weight excluding hydrogens is 456 g/mol. The van der Waals surface area contributed by atoms with Gasteiger partial charge in [-0.05, 0) is 43.5 Å². The van der Waals surface area contributed by atoms with Gasteiger partial charge in [-0.2, -0.15) is 0 Å². The molecule has 8 heteroatoms. The van der Waals surface area contributed by atoms with Gasteiger partial charge >= 0.3 is 5.97 Å². The Morgan fingerprint density at radius 3 is 2.32 bits per heavy atom. The first-order valence-corrected chi connectivity index (χ1v) is 12.8. The lowest BCUT2D eigenvalue weighted by Gasteiger charge is -2.34. The largest absolute Gasteiger partial charge is 0.484 e. The lowest BCUT2D eigenvalue weighted by atomic mass is 10.1. The minimum atomic E-state index is -0.885. The van der Waals surface area contributed by atoms with Gasteiger partial charge in [0.15, 0.2) is 6.61 Å². The van der Waals surface area contributed by atoms with E-state index in [0.717, 1.165) is 30.4 Å². The number of hydrogen-bond donors (Lipinski definition) is 1. The van der Waals surface area contributed by atoms with Crippen molar-refractivity contribution in [2.45, 2.75) is 84.6 Å². The van der Waals surface area contributed by atoms with Crippen LogP contribution in [0.3, 0.4) is 0 Å². The molecule has 0 radical (unpaired) electrons. The van der Waals surface area contributed by atoms with Crippen LogP contribution in [0.15, 0.2) is 12.1 Å². The fourth-order valence-corrected chi connectivity index (χ4v) is 4.18. The molecule has 1 aromatic rings. The second-order valence-electron chi connectivity index (χ2n) is 8.95. The van der Waals surface area contributed by atoms with Crippen LogP contribution in [0.5, 0.6) is 5.75 Å². The van der Waals surface area contributed by atoms with Crippen LogP contribution < -0.4 is 10.1 Å². The number of piperazine rings is 1. The van der Waals surface area contributed by atoms with Crippen LogP contribution in [-0.2, 0) is 19.1 Å². The van der Waals surface area contributed by atoms with Crippen molar-refractivity contribution in [3.63, 3.8) is 0 Å². The Balaban J connectivity index is 1.77. The number of carbonyl (C=O) groups excluding carboxylic acids is 3. The van der Waals surface area contributed by atoms with Crippen molar-refractivity contribution < 1.29 is 23.9 Å². The number of benzene rings is 1. The minimum Gasteiger partial charge on any atom is -0.484 e. The van der Waals surface area contributed by atoms with E-state index in [-0.39, 0.29) is 24.8 Å². The molecule has 0 spiro atoms. The van der Waals surface area contributed by atoms with Crippen molar-refractivity contribution in [1.29, 1.82) is 0 Å². The summed E-state index contributed by atoms with van der Waals surface area (Å²) < 4.78 is 11.0. The number of esters is 1. The number of unbranched alkanes of at least 4 members (excludes halogenated alkanes) is 7. The summed E-state index contributed by atoms with van der Waals surface area (Å²) in [6.07, 6.45) is 9.11. The Hall–Kier alpha value is -2.28. The maximum atomic E-state index is 12.8. The highest BCUT2D eigenvalue weighted by atomic mass is 35.5. The predicted molar refractivity (Wildman–Crippen MR) is 133 cm³/mol. The Labute approximate surface area is 208 Å². The van der Waals surface area contributed by atoms with Crippen molar-refractivity contribution in [1.82, 2.24) is 10.2 Å². The molecule has 34 heavy (non-hydrogen) atoms. The molecule has 1 aliphatic rings. The summed E-state index contributed by atoms with van der Waals surface area (Å²) in [5.74, 6) is -0.619. The van der Waals surface area contributed by atoms with Gasteiger partial charge in [0.05, 0.1) is 13.0 Å². The van der Waals surface area contributed by atoms with Gasteiger partial charge in [-0.3, -0.25) is 14.4 Å². The van der Waals surface area contributed by atoms with E-state index in [2.05, 4.69) is 12.2 Å². The van der Waals surface area contributed by atoms with E-state index in [9.17, 15) is 14.4 Å². The zero-order valence-corrected chi connectivity index (χ0v) is 21.5. The van der Waals surface area contributed by atoms with Crippen molar-refractivity contribution in [2.24, 2.45) is 0 Å². The Morgan fingerprint density at radius 2 is 1.68 bits per heavy atom. The second kappa shape index (κ2) is 14.9. The molecule has 1 fully saturated rings. The van der Waals surface area contributed by atoms with Crippen LogP contribution in [0.4, 0.5) is 0 Å². The smallest absolute Gasteiger partial charge is 0.308 e. The molecule has 1 aromatic carbocycles. The molecule has 2 rings (SSSR count). The molecule has 1 aliphatic heterocycles. The molecule has 1 saturated heterocycles. The van der Waals surface area contributed by atoms with E-state index in [1.807, 2.05) is 13.8 Å². The summed E-state index contributed by atoms with van der Waals surface area (Å²) in [7, 11) is 0. The van der Waals surface area contributed by atoms with Gasteiger partial charge < -0.3 is 19.7 Å². The average Bonchev–Trinajstić information content (AvgIpc) is 2.81. The monoisotopic (exact) mass is 494 g/mol. The SMILES string of the molecule is CCCCCCCCCCOC(=O)CC1C(=O)NCCN1C(=O)COc1cc(C)c(Cl)c(C)c1. The van der Waals surface area contributed by atoms with Gasteiger partial charge in [0.2, 0.25) is 5.91 Å². The van der Waals surface area contributed by atoms with Crippen LogP contribution >= 0.6 is 11.6 Å². The lowest BCUT2D eigenvalue weighted by molar-refractivity contribution is -0.152. The van der Waals surface area contributed by atoms with Gasteiger partial charge in [0, 0.05) is 18.1 Å². The number of carbonyl (C=O) groups is 3. The average molecular weight is 495 g/mol. The molecule has 2 amide bonds. The zero-order chi connectivity index (χ0) is 24.9. The first kappa shape index (κ1) is 28.0. The van der Waals surface area contributed by atoms with Gasteiger partial charge in [0.25, 0.3) is 5.91 Å². The normalized spacial score (nSPS) is 15.7. The second-order valence-corrected chi connectivity index (χ2v) is 9.33. The minimum absolute atomic E-state index is 0.159. The Kier molecular flexibility index (Phi) is 12.2. The van der Waals surface area contributed by atoms with Gasteiger partial charge in [-0.15, -0.1) is 0 Å². The van der Waals surface area contributed by atoms with Crippen molar-refractivity contribution in [2.75, 3.05) is 26.3 Å². The molecule has 1 heterocycles. The van der Waals surface area contributed by atoms with E-state index >= 15 is 0 Å². The van der Waals surface area contributed by atoms with Crippen LogP contribution in [0.1, 0.15) is 75.8 Å². The molecule has 1 atom stereocenters. The molecule has 0 bridgehead atoms. The number of aryl methyl sites for hydroxylation is 2. The summed E-state index contributed by atoms with van der Waals surface area (Å²) in [5.41, 5.74) is 1.72. The third-order valence-corrected chi connectivity index (χ3v) is 6.64. The molecule has 0 saturated carbocycles. The molecular formula is C26H39ClN2O5. The summed E-state index contributed by atoms with van der Waals surface area (Å²) in [6, 6.07) is 2.65. The number of ether oxygens (including phenoxy) is 2. The third kappa shape index (κ3) is 9.16. The first-order chi connectivity index (χ1) is 16.3. The quantitative estimate of drug-likeness (QED) is 0.298. The van der Waals surface area contributed by atoms with E-state index < -0.39 is 12.0 Å². The number of hydrogen-bond acceptors (Lipinski definition) is 5. The van der Waals surface area contributed by atoms with E-state index in [0.29, 0.717) is 30.5 Å². The molecule has 190 valence electrons. The van der Waals surface area contributed by atoms with E-state index in [1.165, 1.54) is 37.0 Å². The fourth-order valence-electron chi connectivity index (χ4n) is 4.07. The topological polar surface area (TPSA) is 84.9 Å². The molecule has 7 nitrogen and oxygen atoms in total. The number of halogens is 1. The predicted octanol–water partition coefficient (Wildman–Crippen LogP) is 4.74.